The minimum Gasteiger partial charge on any atom is -0.350 e. The molecule has 4 saturated carbocycles. The van der Waals surface area contributed by atoms with Crippen LogP contribution in [0.4, 0.5) is 0 Å². The highest BCUT2D eigenvalue weighted by atomic mass is 16.2. The molecule has 1 aromatic rings. The number of carbonyl (C=O) groups excluding carboxylic acids is 2. The maximum absolute atomic E-state index is 12.4. The number of nitrogens with one attached hydrogen (secondary N) is 3. The van der Waals surface area contributed by atoms with Crippen molar-refractivity contribution in [2.75, 3.05) is 0 Å². The number of aromatic amines is 1. The van der Waals surface area contributed by atoms with Crippen molar-refractivity contribution >= 4 is 11.8 Å². The topological polar surface area (TPSA) is 99.8 Å². The molecule has 2 amide bonds. The van der Waals surface area contributed by atoms with Crippen LogP contribution in [0, 0.1) is 17.8 Å². The van der Waals surface area contributed by atoms with Crippen molar-refractivity contribution in [3.8, 4) is 0 Å². The van der Waals surface area contributed by atoms with Crippen LogP contribution < -0.4 is 10.6 Å². The van der Waals surface area contributed by atoms with E-state index in [9.17, 15) is 9.59 Å². The number of H-pyrrole nitrogens is 1. The number of rotatable bonds is 5. The van der Waals surface area contributed by atoms with Crippen LogP contribution in [0.1, 0.15) is 63.7 Å². The van der Waals surface area contributed by atoms with Gasteiger partial charge in [0.25, 0.3) is 0 Å². The summed E-state index contributed by atoms with van der Waals surface area (Å²) in [5, 5.41) is 12.5. The number of nitrogens with zero attached hydrogens (tertiary/aromatic N) is 2. The Labute approximate surface area is 141 Å². The molecular formula is C17H25N5O2. The predicted molar refractivity (Wildman–Crippen MR) is 86.6 cm³/mol. The first kappa shape index (κ1) is 15.6. The first-order valence-electron chi connectivity index (χ1n) is 8.97. The van der Waals surface area contributed by atoms with Gasteiger partial charge in [0.1, 0.15) is 18.6 Å². The van der Waals surface area contributed by atoms with Crippen molar-refractivity contribution in [2.45, 2.75) is 63.5 Å². The van der Waals surface area contributed by atoms with Crippen LogP contribution in [-0.2, 0) is 9.59 Å². The van der Waals surface area contributed by atoms with E-state index in [0.717, 1.165) is 37.0 Å². The number of amides is 2. The molecule has 0 aliphatic heterocycles. The first-order chi connectivity index (χ1) is 11.5. The largest absolute Gasteiger partial charge is 0.350 e. The zero-order chi connectivity index (χ0) is 16.7. The molecule has 0 unspecified atom stereocenters. The summed E-state index contributed by atoms with van der Waals surface area (Å²) >= 11 is 0. The summed E-state index contributed by atoms with van der Waals surface area (Å²) in [6, 6.07) is -0.285. The molecule has 130 valence electrons. The van der Waals surface area contributed by atoms with Gasteiger partial charge in [-0.05, 0) is 63.2 Å². The summed E-state index contributed by atoms with van der Waals surface area (Å²) in [4.78, 5) is 28.5. The zero-order valence-electron chi connectivity index (χ0n) is 14.0. The molecule has 3 N–H and O–H groups in total. The highest BCUT2D eigenvalue weighted by Gasteiger charge is 2.51. The first-order valence-corrected chi connectivity index (χ1v) is 8.97. The molecule has 1 atom stereocenters. The summed E-state index contributed by atoms with van der Waals surface area (Å²) < 4.78 is 0. The van der Waals surface area contributed by atoms with E-state index in [1.54, 1.807) is 0 Å². The van der Waals surface area contributed by atoms with Crippen LogP contribution in [0.25, 0.3) is 0 Å². The number of hydrogen-bond donors (Lipinski definition) is 3. The molecule has 7 nitrogen and oxygen atoms in total. The summed E-state index contributed by atoms with van der Waals surface area (Å²) in [6.45, 7) is 1.81. The van der Waals surface area contributed by atoms with Crippen LogP contribution in [0.5, 0.6) is 0 Å². The van der Waals surface area contributed by atoms with Gasteiger partial charge >= 0.3 is 0 Å². The molecule has 4 fully saturated rings. The average Bonchev–Trinajstić information content (AvgIpc) is 2.98. The van der Waals surface area contributed by atoms with Gasteiger partial charge in [-0.3, -0.25) is 14.7 Å². The van der Waals surface area contributed by atoms with Crippen molar-refractivity contribution in [2.24, 2.45) is 17.8 Å². The van der Waals surface area contributed by atoms with E-state index in [1.807, 2.05) is 6.92 Å². The highest BCUT2D eigenvalue weighted by molar-refractivity contribution is 5.97. The highest BCUT2D eigenvalue weighted by Crippen LogP contribution is 2.55. The Kier molecular flexibility index (Phi) is 3.81. The second-order valence-electron chi connectivity index (χ2n) is 8.08. The van der Waals surface area contributed by atoms with E-state index in [-0.39, 0.29) is 29.8 Å². The summed E-state index contributed by atoms with van der Waals surface area (Å²) in [7, 11) is 0. The Bertz CT molecular complexity index is 592. The summed E-state index contributed by atoms with van der Waals surface area (Å²) in [6.07, 6.45) is 8.58. The Morgan fingerprint density at radius 1 is 1.21 bits per heavy atom. The van der Waals surface area contributed by atoms with Gasteiger partial charge < -0.3 is 10.6 Å². The number of carbonyl (C=O) groups is 2. The number of aromatic nitrogens is 3. The van der Waals surface area contributed by atoms with Gasteiger partial charge in [-0.2, -0.15) is 5.10 Å². The fraction of sp³-hybridized carbons (Fsp3) is 0.765. The van der Waals surface area contributed by atoms with Gasteiger partial charge in [-0.25, -0.2) is 4.98 Å². The third-order valence-corrected chi connectivity index (χ3v) is 5.99. The van der Waals surface area contributed by atoms with Crippen molar-refractivity contribution in [3.63, 3.8) is 0 Å². The molecule has 4 bridgehead atoms. The third-order valence-electron chi connectivity index (χ3n) is 5.99. The second-order valence-corrected chi connectivity index (χ2v) is 8.08. The van der Waals surface area contributed by atoms with Crippen LogP contribution >= 0.6 is 0 Å². The Morgan fingerprint density at radius 2 is 1.83 bits per heavy atom. The smallest absolute Gasteiger partial charge is 0.230 e. The molecule has 1 heterocycles. The quantitative estimate of drug-likeness (QED) is 0.711. The van der Waals surface area contributed by atoms with E-state index < -0.39 is 0 Å². The van der Waals surface area contributed by atoms with Gasteiger partial charge in [0, 0.05) is 5.54 Å². The van der Waals surface area contributed by atoms with E-state index in [4.69, 9.17) is 0 Å². The van der Waals surface area contributed by atoms with E-state index >= 15 is 0 Å². The van der Waals surface area contributed by atoms with Crippen LogP contribution in [0.2, 0.25) is 0 Å². The minimum absolute atomic E-state index is 0.0390. The lowest BCUT2D eigenvalue weighted by molar-refractivity contribution is -0.132. The van der Waals surface area contributed by atoms with Gasteiger partial charge in [-0.1, -0.05) is 0 Å². The molecule has 0 radical (unpaired) electrons. The molecule has 1 aromatic heterocycles. The molecular weight excluding hydrogens is 306 g/mol. The minimum atomic E-state index is -0.285. The maximum atomic E-state index is 12.4. The maximum Gasteiger partial charge on any atom is 0.230 e. The van der Waals surface area contributed by atoms with E-state index in [1.165, 1.54) is 25.6 Å². The lowest BCUT2D eigenvalue weighted by Crippen LogP contribution is -2.60. The van der Waals surface area contributed by atoms with E-state index in [0.29, 0.717) is 5.82 Å². The van der Waals surface area contributed by atoms with Gasteiger partial charge in [0.15, 0.2) is 0 Å². The van der Waals surface area contributed by atoms with Crippen molar-refractivity contribution in [1.82, 2.24) is 25.8 Å². The molecule has 4 aliphatic carbocycles. The van der Waals surface area contributed by atoms with Crippen molar-refractivity contribution in [3.05, 3.63) is 12.2 Å². The average molecular weight is 331 g/mol. The van der Waals surface area contributed by atoms with Gasteiger partial charge in [0.05, 0.1) is 6.04 Å². The fourth-order valence-corrected chi connectivity index (χ4v) is 5.53. The summed E-state index contributed by atoms with van der Waals surface area (Å²) in [5.74, 6) is 2.48. The molecule has 5 rings (SSSR count). The van der Waals surface area contributed by atoms with Gasteiger partial charge in [0.2, 0.25) is 11.8 Å². The fourth-order valence-electron chi connectivity index (χ4n) is 5.53. The van der Waals surface area contributed by atoms with Crippen LogP contribution in [-0.4, -0.2) is 32.5 Å². The molecule has 0 saturated heterocycles. The molecule has 0 spiro atoms. The van der Waals surface area contributed by atoms with Crippen LogP contribution in [0.3, 0.4) is 0 Å². The van der Waals surface area contributed by atoms with Crippen molar-refractivity contribution in [1.29, 1.82) is 0 Å². The second kappa shape index (κ2) is 5.86. The lowest BCUT2D eigenvalue weighted by Gasteiger charge is -2.56. The third kappa shape index (κ3) is 3.03. The van der Waals surface area contributed by atoms with E-state index in [2.05, 4.69) is 25.8 Å². The SMILES string of the molecule is C[C@H](NC(=O)CC(=O)NC12CC3CC(CC(C3)C1)C2)c1ncn[nH]1. The molecule has 24 heavy (non-hydrogen) atoms. The Hall–Kier alpha value is -1.92. The van der Waals surface area contributed by atoms with Gasteiger partial charge in [-0.15, -0.1) is 0 Å². The molecule has 0 aromatic carbocycles. The normalized spacial score (nSPS) is 34.8. The Balaban J connectivity index is 1.31. The van der Waals surface area contributed by atoms with Crippen LogP contribution in [0.15, 0.2) is 6.33 Å². The predicted octanol–water partition coefficient (Wildman–Crippen LogP) is 1.46. The zero-order valence-corrected chi connectivity index (χ0v) is 14.0. The molecule has 7 heteroatoms. The van der Waals surface area contributed by atoms with Crippen molar-refractivity contribution < 1.29 is 9.59 Å². The number of hydrogen-bond acceptors (Lipinski definition) is 4. The summed E-state index contributed by atoms with van der Waals surface area (Å²) in [5.41, 5.74) is -0.0390. The monoisotopic (exact) mass is 331 g/mol. The Morgan fingerprint density at radius 3 is 2.38 bits per heavy atom. The standard InChI is InChI=1S/C17H25N5O2/c1-10(16-18-9-19-22-16)20-14(23)5-15(24)21-17-6-11-2-12(7-17)4-13(3-11)8-17/h9-13H,2-8H2,1H3,(H,20,23)(H,21,24)(H,18,19,22)/t10-,11?,12?,13?,17?/m0/s1. The lowest BCUT2D eigenvalue weighted by atomic mass is 9.53. The molecule has 4 aliphatic rings.